The van der Waals surface area contributed by atoms with Crippen LogP contribution >= 0.6 is 0 Å². The number of methoxy groups -OCH3 is 1. The highest BCUT2D eigenvalue weighted by Crippen LogP contribution is 2.22. The largest absolute Gasteiger partial charge is 0.480 e. The minimum Gasteiger partial charge on any atom is -0.480 e. The summed E-state index contributed by atoms with van der Waals surface area (Å²) < 4.78 is 46.1. The minimum absolute atomic E-state index is 0.0346. The van der Waals surface area contributed by atoms with E-state index in [0.29, 0.717) is 11.4 Å². The Labute approximate surface area is 149 Å². The van der Waals surface area contributed by atoms with Crippen molar-refractivity contribution in [2.24, 2.45) is 10.7 Å². The first kappa shape index (κ1) is 21.3. The Morgan fingerprint density at radius 3 is 2.65 bits per heavy atom. The Hall–Kier alpha value is -2.78. The molecule has 3 N–H and O–H groups in total. The summed E-state index contributed by atoms with van der Waals surface area (Å²) in [6.07, 6.45) is -2.88. The summed E-state index contributed by atoms with van der Waals surface area (Å²) >= 11 is 0. The van der Waals surface area contributed by atoms with Gasteiger partial charge in [-0.25, -0.2) is 0 Å². The zero-order chi connectivity index (χ0) is 19.9. The molecule has 1 aromatic heterocycles. The van der Waals surface area contributed by atoms with Crippen LogP contribution in [0.2, 0.25) is 0 Å². The number of aromatic nitrogens is 1. The molecular formula is C16H21F3N4O3. The average Bonchev–Trinajstić information content (AvgIpc) is 2.58. The van der Waals surface area contributed by atoms with E-state index in [-0.39, 0.29) is 17.3 Å². The van der Waals surface area contributed by atoms with E-state index in [4.69, 9.17) is 10.5 Å². The van der Waals surface area contributed by atoms with Crippen LogP contribution in [0, 0.1) is 0 Å². The van der Waals surface area contributed by atoms with Crippen molar-refractivity contribution in [2.75, 3.05) is 20.8 Å². The third kappa shape index (κ3) is 6.61. The van der Waals surface area contributed by atoms with Crippen LogP contribution in [-0.2, 0) is 0 Å². The number of rotatable bonds is 7. The molecule has 1 amide bonds. The molecule has 0 aromatic carbocycles. The number of hydrogen-bond acceptors (Lipinski definition) is 6. The second-order valence-corrected chi connectivity index (χ2v) is 5.31. The highest BCUT2D eigenvalue weighted by Gasteiger charge is 2.29. The van der Waals surface area contributed by atoms with Gasteiger partial charge in [-0.2, -0.15) is 18.2 Å². The predicted molar refractivity (Wildman–Crippen MR) is 90.6 cm³/mol. The Balaban J connectivity index is 2.90. The number of ether oxygens (including phenoxy) is 2. The van der Waals surface area contributed by atoms with Crippen molar-refractivity contribution >= 4 is 11.6 Å². The van der Waals surface area contributed by atoms with Crippen LogP contribution in [-0.4, -0.2) is 49.6 Å². The van der Waals surface area contributed by atoms with Gasteiger partial charge < -0.3 is 20.5 Å². The lowest BCUT2D eigenvalue weighted by Crippen LogP contribution is -2.37. The number of allylic oxidation sites excluding steroid dienone is 1. The van der Waals surface area contributed by atoms with Crippen LogP contribution in [0.1, 0.15) is 24.2 Å². The number of nitrogens with two attached hydrogens (primary N) is 1. The lowest BCUT2D eigenvalue weighted by molar-refractivity contribution is -0.154. The third-order valence-corrected chi connectivity index (χ3v) is 3.23. The van der Waals surface area contributed by atoms with E-state index in [1.54, 1.807) is 27.0 Å². The van der Waals surface area contributed by atoms with Crippen molar-refractivity contribution in [2.45, 2.75) is 26.1 Å². The van der Waals surface area contributed by atoms with Crippen LogP contribution in [0.15, 0.2) is 28.9 Å². The highest BCUT2D eigenvalue weighted by atomic mass is 19.4. The molecule has 0 bridgehead atoms. The Kier molecular flexibility index (Phi) is 7.41. The van der Waals surface area contributed by atoms with E-state index in [1.165, 1.54) is 13.2 Å². The van der Waals surface area contributed by atoms with Gasteiger partial charge in [0.15, 0.2) is 6.61 Å². The molecule has 0 fully saturated rings. The predicted octanol–water partition coefficient (Wildman–Crippen LogP) is 2.08. The molecule has 0 spiro atoms. The van der Waals surface area contributed by atoms with Crippen molar-refractivity contribution in [3.63, 3.8) is 0 Å². The van der Waals surface area contributed by atoms with Crippen LogP contribution in [0.25, 0.3) is 0 Å². The molecule has 0 aliphatic rings. The summed E-state index contributed by atoms with van der Waals surface area (Å²) in [5, 5.41) is 2.65. The number of aliphatic imine (C=N–C) groups is 1. The first-order chi connectivity index (χ1) is 12.1. The van der Waals surface area contributed by atoms with Crippen LogP contribution in [0.3, 0.4) is 0 Å². The summed E-state index contributed by atoms with van der Waals surface area (Å²) in [4.78, 5) is 20.1. The van der Waals surface area contributed by atoms with E-state index >= 15 is 0 Å². The first-order valence-electron chi connectivity index (χ1n) is 7.53. The molecule has 7 nitrogen and oxygen atoms in total. The smallest absolute Gasteiger partial charge is 0.422 e. The second kappa shape index (κ2) is 9.07. The van der Waals surface area contributed by atoms with E-state index in [1.807, 2.05) is 0 Å². The number of alkyl halides is 3. The number of carbonyl (C=O) groups excluding carboxylic acids is 1. The normalized spacial score (nSPS) is 14.0. The fourth-order valence-electron chi connectivity index (χ4n) is 1.78. The monoisotopic (exact) mass is 374 g/mol. The zero-order valence-electron chi connectivity index (χ0n) is 14.8. The molecule has 0 saturated carbocycles. The summed E-state index contributed by atoms with van der Waals surface area (Å²) in [5.74, 6) is -1.02. The summed E-state index contributed by atoms with van der Waals surface area (Å²) in [6.45, 7) is 1.94. The zero-order valence-corrected chi connectivity index (χ0v) is 14.8. The molecule has 0 saturated heterocycles. The van der Waals surface area contributed by atoms with Crippen molar-refractivity contribution in [1.82, 2.24) is 10.3 Å². The van der Waals surface area contributed by atoms with Crippen LogP contribution in [0.4, 0.5) is 13.2 Å². The van der Waals surface area contributed by atoms with Crippen LogP contribution in [0.5, 0.6) is 11.8 Å². The molecule has 1 atom stereocenters. The van der Waals surface area contributed by atoms with Gasteiger partial charge in [0.1, 0.15) is 5.56 Å². The molecule has 0 radical (unpaired) electrons. The number of nitrogens with zero attached hydrogens (tertiary/aromatic N) is 2. The second-order valence-electron chi connectivity index (χ2n) is 5.31. The van der Waals surface area contributed by atoms with Gasteiger partial charge in [0, 0.05) is 24.5 Å². The van der Waals surface area contributed by atoms with Crippen LogP contribution < -0.4 is 20.5 Å². The molecule has 1 heterocycles. The minimum atomic E-state index is -4.50. The molecule has 10 heteroatoms. The Bertz CT molecular complexity index is 702. The summed E-state index contributed by atoms with van der Waals surface area (Å²) in [6, 6.07) is 1.91. The number of nitrogens with one attached hydrogen (secondary N) is 1. The summed E-state index contributed by atoms with van der Waals surface area (Å²) in [7, 11) is 2.85. The van der Waals surface area contributed by atoms with Crippen molar-refractivity contribution in [1.29, 1.82) is 0 Å². The SMILES string of the molecule is CN=C(C)/C=C(\N)C(C)NC(=O)c1ccc(OCC(F)(F)F)nc1OC. The Morgan fingerprint density at radius 2 is 2.12 bits per heavy atom. The van der Waals surface area contributed by atoms with E-state index in [9.17, 15) is 18.0 Å². The van der Waals surface area contributed by atoms with Crippen molar-refractivity contribution < 1.29 is 27.4 Å². The molecule has 1 rings (SSSR count). The highest BCUT2D eigenvalue weighted by molar-refractivity contribution is 5.97. The van der Waals surface area contributed by atoms with Gasteiger partial charge in [0.25, 0.3) is 5.91 Å². The number of halogens is 3. The van der Waals surface area contributed by atoms with Gasteiger partial charge in [0.05, 0.1) is 13.2 Å². The first-order valence-corrected chi connectivity index (χ1v) is 7.53. The standard InChI is InChI=1S/C16H21F3N4O3/c1-9(21-3)7-12(20)10(2)22-14(24)11-5-6-13(23-15(11)25-4)26-8-16(17,18)19/h5-7,10H,8,20H2,1-4H3,(H,22,24)/b12-7-,21-9?. The Morgan fingerprint density at radius 1 is 1.46 bits per heavy atom. The quantitative estimate of drug-likeness (QED) is 0.712. The maximum atomic E-state index is 12.4. The van der Waals surface area contributed by atoms with Crippen molar-refractivity contribution in [3.8, 4) is 11.8 Å². The average molecular weight is 374 g/mol. The lowest BCUT2D eigenvalue weighted by Gasteiger charge is -2.16. The maximum absolute atomic E-state index is 12.4. The summed E-state index contributed by atoms with van der Waals surface area (Å²) in [5.41, 5.74) is 7.00. The molecule has 144 valence electrons. The van der Waals surface area contributed by atoms with Gasteiger partial charge >= 0.3 is 6.18 Å². The molecule has 0 aliphatic carbocycles. The van der Waals surface area contributed by atoms with E-state index in [0.717, 1.165) is 6.07 Å². The van der Waals surface area contributed by atoms with Gasteiger partial charge in [-0.3, -0.25) is 9.79 Å². The number of pyridine rings is 1. The van der Waals surface area contributed by atoms with Gasteiger partial charge in [-0.15, -0.1) is 0 Å². The molecule has 0 aliphatic heterocycles. The van der Waals surface area contributed by atoms with Crippen molar-refractivity contribution in [3.05, 3.63) is 29.5 Å². The fraction of sp³-hybridized carbons (Fsp3) is 0.438. The number of amides is 1. The number of carbonyl (C=O) groups is 1. The molecule has 26 heavy (non-hydrogen) atoms. The third-order valence-electron chi connectivity index (χ3n) is 3.23. The fourth-order valence-corrected chi connectivity index (χ4v) is 1.78. The molecule has 1 aromatic rings. The number of hydrogen-bond donors (Lipinski definition) is 2. The van der Waals surface area contributed by atoms with Gasteiger partial charge in [0.2, 0.25) is 11.8 Å². The van der Waals surface area contributed by atoms with Gasteiger partial charge in [-0.05, 0) is 26.0 Å². The topological polar surface area (TPSA) is 98.8 Å². The lowest BCUT2D eigenvalue weighted by atomic mass is 10.1. The molecular weight excluding hydrogens is 353 g/mol. The van der Waals surface area contributed by atoms with Gasteiger partial charge in [-0.1, -0.05) is 0 Å². The van der Waals surface area contributed by atoms with E-state index < -0.39 is 24.7 Å². The maximum Gasteiger partial charge on any atom is 0.422 e. The molecule has 1 unspecified atom stereocenters. The van der Waals surface area contributed by atoms with E-state index in [2.05, 4.69) is 20.0 Å².